The number of benzene rings is 1. The first-order valence-corrected chi connectivity index (χ1v) is 7.88. The van der Waals surface area contributed by atoms with Crippen molar-refractivity contribution in [2.75, 3.05) is 46.9 Å². The second kappa shape index (κ2) is 8.36. The Hall–Kier alpha value is -1.53. The molecule has 1 atom stereocenters. The molecule has 1 unspecified atom stereocenters. The molecule has 0 radical (unpaired) electrons. The van der Waals surface area contributed by atoms with Gasteiger partial charge in [-0.05, 0) is 43.5 Å². The number of hydrogen-bond acceptors (Lipinski definition) is 3. The number of hydrogen-bond donors (Lipinski definition) is 0. The fourth-order valence-corrected chi connectivity index (χ4v) is 2.95. The van der Waals surface area contributed by atoms with Crippen molar-refractivity contribution in [3.63, 3.8) is 0 Å². The van der Waals surface area contributed by atoms with E-state index in [9.17, 15) is 13.6 Å². The normalized spacial score (nSPS) is 18.0. The van der Waals surface area contributed by atoms with Gasteiger partial charge in [0.2, 0.25) is 5.91 Å². The number of ether oxygens (including phenoxy) is 1. The maximum Gasteiger partial charge on any atom is 0.236 e. The van der Waals surface area contributed by atoms with Gasteiger partial charge in [0, 0.05) is 32.8 Å². The first-order chi connectivity index (χ1) is 11.0. The summed E-state index contributed by atoms with van der Waals surface area (Å²) in [5.41, 5.74) is 0.652. The van der Waals surface area contributed by atoms with Gasteiger partial charge in [-0.3, -0.25) is 9.69 Å². The lowest BCUT2D eigenvalue weighted by molar-refractivity contribution is -0.131. The minimum atomic E-state index is -0.550. The van der Waals surface area contributed by atoms with Crippen LogP contribution in [0.1, 0.15) is 12.0 Å². The molecule has 0 N–H and O–H groups in total. The fraction of sp³-hybridized carbons (Fsp3) is 0.588. The average Bonchev–Trinajstić information content (AvgIpc) is 2.92. The quantitative estimate of drug-likeness (QED) is 0.768. The van der Waals surface area contributed by atoms with E-state index in [0.717, 1.165) is 12.5 Å². The molecule has 6 heteroatoms. The van der Waals surface area contributed by atoms with Crippen LogP contribution in [-0.4, -0.2) is 62.7 Å². The largest absolute Gasteiger partial charge is 0.383 e. The van der Waals surface area contributed by atoms with Gasteiger partial charge in [-0.15, -0.1) is 0 Å². The van der Waals surface area contributed by atoms with Gasteiger partial charge in [0.15, 0.2) is 0 Å². The highest BCUT2D eigenvalue weighted by Gasteiger charge is 2.26. The molecule has 1 aromatic rings. The van der Waals surface area contributed by atoms with Crippen molar-refractivity contribution in [3.8, 4) is 0 Å². The number of amides is 1. The van der Waals surface area contributed by atoms with Gasteiger partial charge >= 0.3 is 0 Å². The summed E-state index contributed by atoms with van der Waals surface area (Å²) in [7, 11) is 3.52. The van der Waals surface area contributed by atoms with Crippen LogP contribution in [0, 0.1) is 17.6 Å². The van der Waals surface area contributed by atoms with Crippen LogP contribution in [0.2, 0.25) is 0 Å². The molecule has 1 aromatic carbocycles. The maximum atomic E-state index is 13.2. The second-order valence-corrected chi connectivity index (χ2v) is 6.21. The third-order valence-corrected chi connectivity index (χ3v) is 4.17. The van der Waals surface area contributed by atoms with E-state index in [4.69, 9.17) is 4.74 Å². The van der Waals surface area contributed by atoms with Gasteiger partial charge in [-0.1, -0.05) is 0 Å². The molecule has 0 aromatic heterocycles. The highest BCUT2D eigenvalue weighted by atomic mass is 19.1. The van der Waals surface area contributed by atoms with Crippen molar-refractivity contribution >= 4 is 5.91 Å². The SMILES string of the molecule is COCCN(C)CC(=O)N1CCC(Cc2cc(F)cc(F)c2)C1. The lowest BCUT2D eigenvalue weighted by Crippen LogP contribution is -2.38. The molecule has 1 saturated heterocycles. The zero-order valence-corrected chi connectivity index (χ0v) is 13.7. The molecule has 0 aliphatic carbocycles. The molecule has 2 rings (SSSR count). The van der Waals surface area contributed by atoms with E-state index >= 15 is 0 Å². The number of methoxy groups -OCH3 is 1. The van der Waals surface area contributed by atoms with Gasteiger partial charge in [0.05, 0.1) is 13.2 Å². The summed E-state index contributed by atoms with van der Waals surface area (Å²) < 4.78 is 31.5. The first-order valence-electron chi connectivity index (χ1n) is 7.88. The van der Waals surface area contributed by atoms with E-state index in [1.165, 1.54) is 12.1 Å². The van der Waals surface area contributed by atoms with Crippen molar-refractivity contribution in [3.05, 3.63) is 35.4 Å². The standard InChI is InChI=1S/C17H24F2N2O2/c1-20(5-6-23-2)12-17(22)21-4-3-13(11-21)7-14-8-15(18)10-16(19)9-14/h8-10,13H,3-7,11-12H2,1-2H3. The second-order valence-electron chi connectivity index (χ2n) is 6.21. The Morgan fingerprint density at radius 1 is 1.35 bits per heavy atom. The smallest absolute Gasteiger partial charge is 0.236 e. The summed E-state index contributed by atoms with van der Waals surface area (Å²) in [5.74, 6) is -0.752. The monoisotopic (exact) mass is 326 g/mol. The number of likely N-dealkylation sites (N-methyl/N-ethyl adjacent to an activating group) is 1. The van der Waals surface area contributed by atoms with Crippen molar-refractivity contribution in [2.24, 2.45) is 5.92 Å². The average molecular weight is 326 g/mol. The van der Waals surface area contributed by atoms with E-state index < -0.39 is 11.6 Å². The Balaban J connectivity index is 1.82. The van der Waals surface area contributed by atoms with Gasteiger partial charge in [-0.25, -0.2) is 8.78 Å². The fourth-order valence-electron chi connectivity index (χ4n) is 2.95. The summed E-state index contributed by atoms with van der Waals surface area (Å²) in [5, 5.41) is 0. The van der Waals surface area contributed by atoms with Crippen LogP contribution in [0.4, 0.5) is 8.78 Å². The van der Waals surface area contributed by atoms with Gasteiger partial charge in [-0.2, -0.15) is 0 Å². The molecule has 4 nitrogen and oxygen atoms in total. The van der Waals surface area contributed by atoms with Gasteiger partial charge in [0.1, 0.15) is 11.6 Å². The Bertz CT molecular complexity index is 519. The van der Waals surface area contributed by atoms with Crippen LogP contribution in [0.3, 0.4) is 0 Å². The van der Waals surface area contributed by atoms with Crippen LogP contribution in [-0.2, 0) is 16.0 Å². The van der Waals surface area contributed by atoms with E-state index in [0.29, 0.717) is 44.8 Å². The minimum Gasteiger partial charge on any atom is -0.383 e. The highest BCUT2D eigenvalue weighted by Crippen LogP contribution is 2.22. The predicted molar refractivity (Wildman–Crippen MR) is 84.1 cm³/mol. The Morgan fingerprint density at radius 3 is 2.70 bits per heavy atom. The number of carbonyl (C=O) groups excluding carboxylic acids is 1. The Kier molecular flexibility index (Phi) is 6.47. The van der Waals surface area contributed by atoms with Crippen LogP contribution in [0.5, 0.6) is 0 Å². The molecule has 1 heterocycles. The zero-order chi connectivity index (χ0) is 16.8. The van der Waals surface area contributed by atoms with Crippen molar-refractivity contribution in [1.29, 1.82) is 0 Å². The van der Waals surface area contributed by atoms with Gasteiger partial charge in [0.25, 0.3) is 0 Å². The summed E-state index contributed by atoms with van der Waals surface area (Å²) in [6.07, 6.45) is 1.46. The summed E-state index contributed by atoms with van der Waals surface area (Å²) in [6.45, 7) is 3.03. The zero-order valence-electron chi connectivity index (χ0n) is 13.7. The van der Waals surface area contributed by atoms with Gasteiger partial charge < -0.3 is 9.64 Å². The van der Waals surface area contributed by atoms with Crippen molar-refractivity contribution in [1.82, 2.24) is 9.80 Å². The minimum absolute atomic E-state index is 0.0940. The first kappa shape index (κ1) is 17.8. The number of nitrogens with zero attached hydrogens (tertiary/aromatic N) is 2. The molecule has 1 aliphatic heterocycles. The van der Waals surface area contributed by atoms with E-state index in [1.807, 2.05) is 16.8 Å². The van der Waals surface area contributed by atoms with Crippen LogP contribution in [0.25, 0.3) is 0 Å². The number of rotatable bonds is 7. The van der Waals surface area contributed by atoms with E-state index in [2.05, 4.69) is 0 Å². The highest BCUT2D eigenvalue weighted by molar-refractivity contribution is 5.78. The molecule has 1 fully saturated rings. The molecule has 1 amide bonds. The molecule has 128 valence electrons. The third-order valence-electron chi connectivity index (χ3n) is 4.17. The Labute approximate surface area is 136 Å². The molecule has 23 heavy (non-hydrogen) atoms. The van der Waals surface area contributed by atoms with E-state index in [1.54, 1.807) is 7.11 Å². The van der Waals surface area contributed by atoms with E-state index in [-0.39, 0.29) is 11.8 Å². The molecule has 0 spiro atoms. The summed E-state index contributed by atoms with van der Waals surface area (Å²) in [6, 6.07) is 3.61. The lowest BCUT2D eigenvalue weighted by Gasteiger charge is -2.21. The summed E-state index contributed by atoms with van der Waals surface area (Å²) >= 11 is 0. The third kappa shape index (κ3) is 5.55. The molecular weight excluding hydrogens is 302 g/mol. The topological polar surface area (TPSA) is 32.8 Å². The molecule has 0 saturated carbocycles. The molecule has 0 bridgehead atoms. The van der Waals surface area contributed by atoms with Crippen LogP contribution >= 0.6 is 0 Å². The maximum absolute atomic E-state index is 13.2. The molecule has 1 aliphatic rings. The number of carbonyl (C=O) groups is 1. The lowest BCUT2D eigenvalue weighted by atomic mass is 9.98. The number of likely N-dealkylation sites (tertiary alicyclic amines) is 1. The van der Waals surface area contributed by atoms with Crippen LogP contribution < -0.4 is 0 Å². The molecular formula is C17H24F2N2O2. The van der Waals surface area contributed by atoms with Crippen molar-refractivity contribution < 1.29 is 18.3 Å². The summed E-state index contributed by atoms with van der Waals surface area (Å²) in [4.78, 5) is 16.0. The number of halogens is 2. The predicted octanol–water partition coefficient (Wildman–Crippen LogP) is 1.93. The van der Waals surface area contributed by atoms with Crippen LogP contribution in [0.15, 0.2) is 18.2 Å². The Morgan fingerprint density at radius 2 is 2.04 bits per heavy atom. The van der Waals surface area contributed by atoms with Crippen molar-refractivity contribution in [2.45, 2.75) is 12.8 Å².